The molecule has 1 aliphatic rings. The first-order chi connectivity index (χ1) is 6.27. The van der Waals surface area contributed by atoms with Crippen LogP contribution < -0.4 is 0 Å². The van der Waals surface area contributed by atoms with Gasteiger partial charge in [0.25, 0.3) is 0 Å². The van der Waals surface area contributed by atoms with Gasteiger partial charge in [0.2, 0.25) is 0 Å². The van der Waals surface area contributed by atoms with Crippen molar-refractivity contribution in [1.82, 2.24) is 9.80 Å². The Morgan fingerprint density at radius 3 is 2.69 bits per heavy atom. The van der Waals surface area contributed by atoms with Gasteiger partial charge in [-0.05, 0) is 13.5 Å². The predicted molar refractivity (Wildman–Crippen MR) is 51.6 cm³/mol. The molecule has 1 unspecified atom stereocenters. The lowest BCUT2D eigenvalue weighted by Gasteiger charge is -2.38. The van der Waals surface area contributed by atoms with Crippen LogP contribution in [0.15, 0.2) is 0 Å². The van der Waals surface area contributed by atoms with Crippen molar-refractivity contribution in [2.24, 2.45) is 0 Å². The largest absolute Gasteiger partial charge is 0.396 e. The Balaban J connectivity index is 2.27. The minimum Gasteiger partial charge on any atom is -0.396 e. The van der Waals surface area contributed by atoms with Gasteiger partial charge in [-0.3, -0.25) is 4.90 Å². The number of nitrogens with zero attached hydrogens (tertiary/aromatic N) is 2. The van der Waals surface area contributed by atoms with Gasteiger partial charge >= 0.3 is 0 Å². The van der Waals surface area contributed by atoms with Crippen LogP contribution in [0.5, 0.6) is 0 Å². The van der Waals surface area contributed by atoms with Gasteiger partial charge in [0.15, 0.2) is 0 Å². The van der Waals surface area contributed by atoms with Crippen molar-refractivity contribution < 1.29 is 10.2 Å². The summed E-state index contributed by atoms with van der Waals surface area (Å²) in [6.07, 6.45) is 0.835. The Labute approximate surface area is 79.8 Å². The van der Waals surface area contributed by atoms with Gasteiger partial charge in [0.1, 0.15) is 0 Å². The molecule has 2 N–H and O–H groups in total. The van der Waals surface area contributed by atoms with E-state index in [1.54, 1.807) is 0 Å². The molecule has 4 nitrogen and oxygen atoms in total. The molecule has 1 aliphatic heterocycles. The van der Waals surface area contributed by atoms with E-state index in [0.717, 1.165) is 32.6 Å². The summed E-state index contributed by atoms with van der Waals surface area (Å²) in [4.78, 5) is 4.49. The summed E-state index contributed by atoms with van der Waals surface area (Å²) in [5.74, 6) is 0. The smallest absolute Gasteiger partial charge is 0.0599 e. The molecule has 4 heteroatoms. The van der Waals surface area contributed by atoms with Crippen molar-refractivity contribution in [3.05, 3.63) is 0 Å². The maximum atomic E-state index is 9.09. The topological polar surface area (TPSA) is 46.9 Å². The highest BCUT2D eigenvalue weighted by molar-refractivity contribution is 4.79. The van der Waals surface area contributed by atoms with E-state index in [4.69, 9.17) is 10.2 Å². The van der Waals surface area contributed by atoms with Crippen LogP contribution in [-0.2, 0) is 0 Å². The molecule has 0 bridgehead atoms. The van der Waals surface area contributed by atoms with Gasteiger partial charge in [-0.2, -0.15) is 0 Å². The molecule has 0 aromatic heterocycles. The molecule has 0 saturated carbocycles. The summed E-state index contributed by atoms with van der Waals surface area (Å²) in [6.45, 7) is 4.42. The maximum Gasteiger partial charge on any atom is 0.0599 e. The molecule has 1 rings (SSSR count). The van der Waals surface area contributed by atoms with Crippen molar-refractivity contribution in [3.8, 4) is 0 Å². The Morgan fingerprint density at radius 1 is 1.31 bits per heavy atom. The van der Waals surface area contributed by atoms with E-state index in [1.165, 1.54) is 0 Å². The van der Waals surface area contributed by atoms with Crippen LogP contribution in [-0.4, -0.2) is 72.5 Å². The number of rotatable bonds is 4. The Hall–Kier alpha value is -0.160. The first kappa shape index (κ1) is 10.9. The highest BCUT2D eigenvalue weighted by atomic mass is 16.3. The standard InChI is InChI=1S/C9H20N2O2/c1-10-4-5-11(3-2-6-12)7-9(10)8-13/h9,12-13H,2-8H2,1H3. The third kappa shape index (κ3) is 3.23. The Bertz CT molecular complexity index is 142. The van der Waals surface area contributed by atoms with Crippen molar-refractivity contribution in [3.63, 3.8) is 0 Å². The van der Waals surface area contributed by atoms with E-state index >= 15 is 0 Å². The summed E-state index contributed by atoms with van der Waals surface area (Å²) in [6, 6.07) is 0.271. The third-order valence-electron chi connectivity index (χ3n) is 2.70. The number of piperazine rings is 1. The molecule has 78 valence electrons. The number of hydrogen-bond donors (Lipinski definition) is 2. The van der Waals surface area contributed by atoms with E-state index in [2.05, 4.69) is 9.80 Å². The fraction of sp³-hybridized carbons (Fsp3) is 1.00. The molecule has 0 aliphatic carbocycles. The zero-order valence-corrected chi connectivity index (χ0v) is 8.32. The SMILES string of the molecule is CN1CCN(CCCO)CC1CO. The van der Waals surface area contributed by atoms with Crippen LogP contribution in [0, 0.1) is 0 Å². The molecular weight excluding hydrogens is 168 g/mol. The van der Waals surface area contributed by atoms with E-state index < -0.39 is 0 Å². The lowest BCUT2D eigenvalue weighted by molar-refractivity contribution is 0.0548. The summed E-state index contributed by atoms with van der Waals surface area (Å²) in [5, 5.41) is 17.8. The second-order valence-corrected chi connectivity index (χ2v) is 3.69. The van der Waals surface area contributed by atoms with Crippen molar-refractivity contribution in [2.45, 2.75) is 12.5 Å². The Kier molecular flexibility index (Phi) is 4.66. The van der Waals surface area contributed by atoms with Crippen LogP contribution in [0.2, 0.25) is 0 Å². The molecule has 0 aromatic rings. The van der Waals surface area contributed by atoms with Crippen LogP contribution in [0.1, 0.15) is 6.42 Å². The first-order valence-electron chi connectivity index (χ1n) is 4.92. The van der Waals surface area contributed by atoms with Gasteiger partial charge in [0, 0.05) is 38.8 Å². The number of aliphatic hydroxyl groups is 2. The van der Waals surface area contributed by atoms with Gasteiger partial charge in [-0.1, -0.05) is 0 Å². The summed E-state index contributed by atoms with van der Waals surface area (Å²) in [7, 11) is 2.05. The average Bonchev–Trinajstić information content (AvgIpc) is 2.16. The lowest BCUT2D eigenvalue weighted by Crippen LogP contribution is -2.53. The molecule has 0 spiro atoms. The lowest BCUT2D eigenvalue weighted by atomic mass is 10.2. The number of aliphatic hydroxyl groups excluding tert-OH is 2. The van der Waals surface area contributed by atoms with Crippen molar-refractivity contribution in [1.29, 1.82) is 0 Å². The summed E-state index contributed by atoms with van der Waals surface area (Å²) < 4.78 is 0. The molecule has 1 atom stereocenters. The second kappa shape index (κ2) is 5.54. The predicted octanol–water partition coefficient (Wildman–Crippen LogP) is -1.02. The molecule has 0 radical (unpaired) electrons. The van der Waals surface area contributed by atoms with E-state index in [0.29, 0.717) is 0 Å². The van der Waals surface area contributed by atoms with Gasteiger partial charge in [0.05, 0.1) is 6.61 Å². The molecule has 13 heavy (non-hydrogen) atoms. The van der Waals surface area contributed by atoms with Crippen LogP contribution in [0.25, 0.3) is 0 Å². The highest BCUT2D eigenvalue weighted by Gasteiger charge is 2.22. The average molecular weight is 188 g/mol. The molecule has 0 aromatic carbocycles. The van der Waals surface area contributed by atoms with Crippen molar-refractivity contribution >= 4 is 0 Å². The molecule has 1 saturated heterocycles. The van der Waals surface area contributed by atoms with Gasteiger partial charge < -0.3 is 15.1 Å². The fourth-order valence-corrected chi connectivity index (χ4v) is 1.70. The highest BCUT2D eigenvalue weighted by Crippen LogP contribution is 2.07. The van der Waals surface area contributed by atoms with E-state index in [9.17, 15) is 0 Å². The Morgan fingerprint density at radius 2 is 2.08 bits per heavy atom. The molecule has 1 heterocycles. The normalized spacial score (nSPS) is 26.5. The zero-order valence-electron chi connectivity index (χ0n) is 8.32. The monoisotopic (exact) mass is 188 g/mol. The quantitative estimate of drug-likeness (QED) is 0.593. The first-order valence-corrected chi connectivity index (χ1v) is 4.92. The van der Waals surface area contributed by atoms with E-state index in [1.807, 2.05) is 7.05 Å². The van der Waals surface area contributed by atoms with Crippen LogP contribution in [0.4, 0.5) is 0 Å². The fourth-order valence-electron chi connectivity index (χ4n) is 1.70. The number of hydrogen-bond acceptors (Lipinski definition) is 4. The maximum absolute atomic E-state index is 9.09. The van der Waals surface area contributed by atoms with Crippen LogP contribution in [0.3, 0.4) is 0 Å². The minimum atomic E-state index is 0.228. The van der Waals surface area contributed by atoms with Gasteiger partial charge in [-0.15, -0.1) is 0 Å². The summed E-state index contributed by atoms with van der Waals surface area (Å²) in [5.41, 5.74) is 0. The zero-order chi connectivity index (χ0) is 9.68. The van der Waals surface area contributed by atoms with E-state index in [-0.39, 0.29) is 19.3 Å². The van der Waals surface area contributed by atoms with Crippen molar-refractivity contribution in [2.75, 3.05) is 46.4 Å². The minimum absolute atomic E-state index is 0.228. The molecular formula is C9H20N2O2. The molecule has 1 fully saturated rings. The van der Waals surface area contributed by atoms with Gasteiger partial charge in [-0.25, -0.2) is 0 Å². The number of likely N-dealkylation sites (N-methyl/N-ethyl adjacent to an activating group) is 1. The van der Waals surface area contributed by atoms with Crippen LogP contribution >= 0.6 is 0 Å². The molecule has 0 amide bonds. The summed E-state index contributed by atoms with van der Waals surface area (Å²) >= 11 is 0. The second-order valence-electron chi connectivity index (χ2n) is 3.69. The third-order valence-corrected chi connectivity index (χ3v) is 2.70.